The van der Waals surface area contributed by atoms with Gasteiger partial charge < -0.3 is 10.2 Å². The Morgan fingerprint density at radius 1 is 1.14 bits per heavy atom. The fourth-order valence-corrected chi connectivity index (χ4v) is 3.89. The standard InChI is InChI=1S/C21H22N4O3/c1-22-11-15-6-9-24(12-15)19(26)16-2-3-17-18(10-16)21(28)25(20(17)27)13-14-4-7-23-8-5-14/h2-5,7-8,10,15,22H,6,9,11-13H2,1H3. The average molecular weight is 378 g/mol. The number of rotatable bonds is 5. The smallest absolute Gasteiger partial charge is 0.261 e. The van der Waals surface area contributed by atoms with Crippen LogP contribution in [0.4, 0.5) is 0 Å². The number of carbonyl (C=O) groups is 3. The van der Waals surface area contributed by atoms with E-state index in [2.05, 4.69) is 10.3 Å². The largest absolute Gasteiger partial charge is 0.338 e. The Labute approximate surface area is 163 Å². The number of amides is 3. The van der Waals surface area contributed by atoms with E-state index >= 15 is 0 Å². The van der Waals surface area contributed by atoms with E-state index in [1.54, 1.807) is 42.7 Å². The lowest BCUT2D eigenvalue weighted by Crippen LogP contribution is -2.30. The third-order valence-corrected chi connectivity index (χ3v) is 5.37. The summed E-state index contributed by atoms with van der Waals surface area (Å²) >= 11 is 0. The van der Waals surface area contributed by atoms with Crippen molar-refractivity contribution in [2.24, 2.45) is 5.92 Å². The molecule has 0 aliphatic carbocycles. The molecule has 3 amide bonds. The van der Waals surface area contributed by atoms with Crippen LogP contribution in [0.15, 0.2) is 42.7 Å². The Morgan fingerprint density at radius 2 is 1.89 bits per heavy atom. The van der Waals surface area contributed by atoms with Crippen molar-refractivity contribution < 1.29 is 14.4 Å². The first-order valence-electron chi connectivity index (χ1n) is 9.41. The first kappa shape index (κ1) is 18.3. The molecular weight excluding hydrogens is 356 g/mol. The van der Waals surface area contributed by atoms with Crippen molar-refractivity contribution >= 4 is 17.7 Å². The van der Waals surface area contributed by atoms with Gasteiger partial charge in [0.25, 0.3) is 17.7 Å². The summed E-state index contributed by atoms with van der Waals surface area (Å²) in [7, 11) is 1.91. The van der Waals surface area contributed by atoms with Crippen molar-refractivity contribution in [1.82, 2.24) is 20.1 Å². The van der Waals surface area contributed by atoms with E-state index in [1.165, 1.54) is 4.90 Å². The van der Waals surface area contributed by atoms with Gasteiger partial charge in [-0.15, -0.1) is 0 Å². The van der Waals surface area contributed by atoms with Crippen LogP contribution in [0.2, 0.25) is 0 Å². The zero-order valence-corrected chi connectivity index (χ0v) is 15.7. The summed E-state index contributed by atoms with van der Waals surface area (Å²) < 4.78 is 0. The van der Waals surface area contributed by atoms with Gasteiger partial charge in [0.1, 0.15) is 0 Å². The Kier molecular flexibility index (Phi) is 4.92. The number of nitrogens with zero attached hydrogens (tertiary/aromatic N) is 3. The maximum absolute atomic E-state index is 12.8. The first-order valence-corrected chi connectivity index (χ1v) is 9.41. The van der Waals surface area contributed by atoms with E-state index in [4.69, 9.17) is 0 Å². The average Bonchev–Trinajstić information content (AvgIpc) is 3.27. The van der Waals surface area contributed by atoms with Crippen molar-refractivity contribution in [3.63, 3.8) is 0 Å². The van der Waals surface area contributed by atoms with E-state index in [0.717, 1.165) is 18.5 Å². The van der Waals surface area contributed by atoms with Gasteiger partial charge in [-0.3, -0.25) is 24.3 Å². The highest BCUT2D eigenvalue weighted by Gasteiger charge is 2.36. The molecule has 1 unspecified atom stereocenters. The minimum absolute atomic E-state index is 0.0887. The van der Waals surface area contributed by atoms with Crippen molar-refractivity contribution in [1.29, 1.82) is 0 Å². The zero-order valence-electron chi connectivity index (χ0n) is 15.7. The highest BCUT2D eigenvalue weighted by Crippen LogP contribution is 2.27. The second kappa shape index (κ2) is 7.52. The molecule has 28 heavy (non-hydrogen) atoms. The molecule has 2 aliphatic rings. The molecule has 7 nitrogen and oxygen atoms in total. The minimum Gasteiger partial charge on any atom is -0.338 e. The van der Waals surface area contributed by atoms with Crippen molar-refractivity contribution in [2.45, 2.75) is 13.0 Å². The lowest BCUT2D eigenvalue weighted by atomic mass is 10.0. The lowest BCUT2D eigenvalue weighted by Gasteiger charge is -2.17. The van der Waals surface area contributed by atoms with Gasteiger partial charge in [-0.25, -0.2) is 0 Å². The molecule has 0 bridgehead atoms. The molecule has 0 spiro atoms. The van der Waals surface area contributed by atoms with Gasteiger partial charge in [-0.2, -0.15) is 0 Å². The fourth-order valence-electron chi connectivity index (χ4n) is 3.89. The second-order valence-corrected chi connectivity index (χ2v) is 7.28. The molecule has 1 atom stereocenters. The van der Waals surface area contributed by atoms with E-state index in [1.807, 2.05) is 11.9 Å². The molecule has 1 saturated heterocycles. The van der Waals surface area contributed by atoms with Crippen LogP contribution in [0.1, 0.15) is 43.1 Å². The van der Waals surface area contributed by atoms with Crippen LogP contribution in [-0.2, 0) is 6.54 Å². The summed E-state index contributed by atoms with van der Waals surface area (Å²) in [6.07, 6.45) is 4.22. The predicted molar refractivity (Wildman–Crippen MR) is 103 cm³/mol. The molecule has 2 aromatic rings. The summed E-state index contributed by atoms with van der Waals surface area (Å²) in [6.45, 7) is 2.49. The van der Waals surface area contributed by atoms with Crippen molar-refractivity contribution in [3.8, 4) is 0 Å². The van der Waals surface area contributed by atoms with Gasteiger partial charge in [0.15, 0.2) is 0 Å². The number of nitrogens with one attached hydrogen (secondary N) is 1. The summed E-state index contributed by atoms with van der Waals surface area (Å²) in [4.78, 5) is 45.3. The molecule has 4 rings (SSSR count). The van der Waals surface area contributed by atoms with Gasteiger partial charge in [0, 0.05) is 31.0 Å². The lowest BCUT2D eigenvalue weighted by molar-refractivity contribution is 0.0642. The summed E-state index contributed by atoms with van der Waals surface area (Å²) in [5.41, 5.74) is 1.94. The fraction of sp³-hybridized carbons (Fsp3) is 0.333. The van der Waals surface area contributed by atoms with E-state index < -0.39 is 0 Å². The van der Waals surface area contributed by atoms with Gasteiger partial charge in [-0.05, 0) is 61.8 Å². The molecule has 0 saturated carbocycles. The first-order chi connectivity index (χ1) is 13.6. The van der Waals surface area contributed by atoms with Crippen LogP contribution in [0.25, 0.3) is 0 Å². The third kappa shape index (κ3) is 3.29. The molecule has 3 heterocycles. The molecule has 1 N–H and O–H groups in total. The van der Waals surface area contributed by atoms with Crippen LogP contribution in [0.5, 0.6) is 0 Å². The normalized spacial score (nSPS) is 18.7. The predicted octanol–water partition coefficient (Wildman–Crippen LogP) is 1.56. The SMILES string of the molecule is CNCC1CCN(C(=O)c2ccc3c(c2)C(=O)N(Cc2ccncc2)C3=O)C1. The molecular formula is C21H22N4O3. The van der Waals surface area contributed by atoms with Gasteiger partial charge in [-0.1, -0.05) is 0 Å². The number of hydrogen-bond donors (Lipinski definition) is 1. The number of fused-ring (bicyclic) bond motifs is 1. The van der Waals surface area contributed by atoms with Crippen LogP contribution in [-0.4, -0.2) is 59.2 Å². The van der Waals surface area contributed by atoms with E-state index in [9.17, 15) is 14.4 Å². The Bertz CT molecular complexity index is 929. The Morgan fingerprint density at radius 3 is 2.64 bits per heavy atom. The zero-order chi connectivity index (χ0) is 19.7. The highest BCUT2D eigenvalue weighted by molar-refractivity contribution is 6.22. The monoisotopic (exact) mass is 378 g/mol. The highest BCUT2D eigenvalue weighted by atomic mass is 16.2. The van der Waals surface area contributed by atoms with Crippen molar-refractivity contribution in [3.05, 3.63) is 65.0 Å². The number of carbonyl (C=O) groups excluding carboxylic acids is 3. The van der Waals surface area contributed by atoms with Gasteiger partial charge in [0.2, 0.25) is 0 Å². The number of hydrogen-bond acceptors (Lipinski definition) is 5. The molecule has 144 valence electrons. The van der Waals surface area contributed by atoms with Crippen LogP contribution in [0.3, 0.4) is 0 Å². The molecule has 1 aromatic heterocycles. The molecule has 7 heteroatoms. The Balaban J connectivity index is 1.53. The van der Waals surface area contributed by atoms with Crippen LogP contribution < -0.4 is 5.32 Å². The number of likely N-dealkylation sites (tertiary alicyclic amines) is 1. The van der Waals surface area contributed by atoms with Crippen LogP contribution in [0, 0.1) is 5.92 Å². The van der Waals surface area contributed by atoms with Gasteiger partial charge in [0.05, 0.1) is 17.7 Å². The Hall–Kier alpha value is -3.06. The number of imide groups is 1. The summed E-state index contributed by atoms with van der Waals surface area (Å²) in [5, 5.41) is 3.15. The van der Waals surface area contributed by atoms with E-state index in [0.29, 0.717) is 35.7 Å². The third-order valence-electron chi connectivity index (χ3n) is 5.37. The number of benzene rings is 1. The minimum atomic E-state index is -0.360. The maximum Gasteiger partial charge on any atom is 0.261 e. The quantitative estimate of drug-likeness (QED) is 0.799. The maximum atomic E-state index is 12.8. The topological polar surface area (TPSA) is 82.6 Å². The van der Waals surface area contributed by atoms with E-state index in [-0.39, 0.29) is 24.3 Å². The number of pyridine rings is 1. The van der Waals surface area contributed by atoms with Gasteiger partial charge >= 0.3 is 0 Å². The van der Waals surface area contributed by atoms with Crippen LogP contribution >= 0.6 is 0 Å². The second-order valence-electron chi connectivity index (χ2n) is 7.28. The summed E-state index contributed by atoms with van der Waals surface area (Å²) in [6, 6.07) is 8.35. The molecule has 2 aliphatic heterocycles. The molecule has 0 radical (unpaired) electrons. The molecule has 1 fully saturated rings. The summed E-state index contributed by atoms with van der Waals surface area (Å²) in [5.74, 6) is -0.330. The molecule has 1 aromatic carbocycles. The van der Waals surface area contributed by atoms with Crippen molar-refractivity contribution in [2.75, 3.05) is 26.7 Å². The number of aromatic nitrogens is 1.